The number of carbonyl (C=O) groups is 1. The van der Waals surface area contributed by atoms with Crippen molar-refractivity contribution in [2.75, 3.05) is 12.4 Å². The summed E-state index contributed by atoms with van der Waals surface area (Å²) in [6, 6.07) is 8.22. The highest BCUT2D eigenvalue weighted by Crippen LogP contribution is 2.52. The molecule has 0 saturated carbocycles. The SMILES string of the molecule is COc1ccc2c(c1)[C@@H](c1ccsc1)[C@](C)(C(=O)Nc1nccs1)C2. The van der Waals surface area contributed by atoms with Crippen LogP contribution in [0.1, 0.15) is 29.5 Å². The molecule has 1 aromatic carbocycles. The number of aromatic nitrogens is 1. The van der Waals surface area contributed by atoms with Gasteiger partial charge in [-0.25, -0.2) is 4.98 Å². The van der Waals surface area contributed by atoms with Crippen LogP contribution in [0.4, 0.5) is 5.13 Å². The van der Waals surface area contributed by atoms with Crippen LogP contribution in [0.5, 0.6) is 5.75 Å². The van der Waals surface area contributed by atoms with Gasteiger partial charge in [0.25, 0.3) is 0 Å². The van der Waals surface area contributed by atoms with Gasteiger partial charge in [-0.2, -0.15) is 11.3 Å². The minimum absolute atomic E-state index is 0.00353. The minimum Gasteiger partial charge on any atom is -0.497 e. The van der Waals surface area contributed by atoms with Crippen molar-refractivity contribution in [1.82, 2.24) is 4.98 Å². The maximum Gasteiger partial charge on any atom is 0.233 e. The summed E-state index contributed by atoms with van der Waals surface area (Å²) in [5, 5.41) is 9.70. The van der Waals surface area contributed by atoms with E-state index < -0.39 is 5.41 Å². The number of fused-ring (bicyclic) bond motifs is 1. The maximum atomic E-state index is 13.2. The van der Waals surface area contributed by atoms with Crippen LogP contribution in [-0.2, 0) is 11.2 Å². The van der Waals surface area contributed by atoms with Gasteiger partial charge in [0.05, 0.1) is 12.5 Å². The van der Waals surface area contributed by atoms with E-state index >= 15 is 0 Å². The first-order chi connectivity index (χ1) is 12.1. The van der Waals surface area contributed by atoms with Gasteiger partial charge in [0.15, 0.2) is 5.13 Å². The summed E-state index contributed by atoms with van der Waals surface area (Å²) < 4.78 is 5.41. The molecule has 1 N–H and O–H groups in total. The molecule has 0 aliphatic heterocycles. The zero-order chi connectivity index (χ0) is 17.4. The Hall–Kier alpha value is -2.18. The summed E-state index contributed by atoms with van der Waals surface area (Å²) in [6.45, 7) is 2.05. The van der Waals surface area contributed by atoms with Crippen molar-refractivity contribution in [3.05, 3.63) is 63.3 Å². The van der Waals surface area contributed by atoms with Crippen LogP contribution in [-0.4, -0.2) is 18.0 Å². The Balaban J connectivity index is 1.77. The Morgan fingerprint density at radius 3 is 2.92 bits per heavy atom. The molecule has 1 aliphatic rings. The summed E-state index contributed by atoms with van der Waals surface area (Å²) in [4.78, 5) is 17.4. The maximum absolute atomic E-state index is 13.2. The molecule has 2 aromatic heterocycles. The number of nitrogens with one attached hydrogen (secondary N) is 1. The predicted octanol–water partition coefficient (Wildman–Crippen LogP) is 4.55. The topological polar surface area (TPSA) is 51.2 Å². The molecule has 2 heterocycles. The molecule has 4 nitrogen and oxygen atoms in total. The zero-order valence-electron chi connectivity index (χ0n) is 14.0. The Bertz CT molecular complexity index is 890. The number of amides is 1. The van der Waals surface area contributed by atoms with Gasteiger partial charge in [-0.15, -0.1) is 11.3 Å². The number of hydrogen-bond acceptors (Lipinski definition) is 5. The van der Waals surface area contributed by atoms with E-state index in [0.29, 0.717) is 11.6 Å². The summed E-state index contributed by atoms with van der Waals surface area (Å²) in [6.07, 6.45) is 2.40. The molecule has 25 heavy (non-hydrogen) atoms. The monoisotopic (exact) mass is 370 g/mol. The molecule has 0 unspecified atom stereocenters. The van der Waals surface area contributed by atoms with Crippen LogP contribution < -0.4 is 10.1 Å². The smallest absolute Gasteiger partial charge is 0.233 e. The predicted molar refractivity (Wildman–Crippen MR) is 102 cm³/mol. The van der Waals surface area contributed by atoms with Crippen molar-refractivity contribution in [2.45, 2.75) is 19.3 Å². The van der Waals surface area contributed by atoms with Gasteiger partial charge in [-0.3, -0.25) is 4.79 Å². The molecular formula is C19H18N2O2S2. The van der Waals surface area contributed by atoms with E-state index in [2.05, 4.69) is 39.3 Å². The first kappa shape index (κ1) is 16.3. The average Bonchev–Trinajstić information content (AvgIpc) is 3.33. The fraction of sp³-hybridized carbons (Fsp3) is 0.263. The van der Waals surface area contributed by atoms with Crippen molar-refractivity contribution in [3.8, 4) is 5.75 Å². The molecule has 0 bridgehead atoms. The second kappa shape index (κ2) is 6.28. The van der Waals surface area contributed by atoms with Gasteiger partial charge < -0.3 is 10.1 Å². The van der Waals surface area contributed by atoms with Crippen LogP contribution in [0, 0.1) is 5.41 Å². The number of anilines is 1. The van der Waals surface area contributed by atoms with E-state index in [-0.39, 0.29) is 11.8 Å². The first-order valence-corrected chi connectivity index (χ1v) is 9.84. The lowest BCUT2D eigenvalue weighted by molar-refractivity contribution is -0.125. The largest absolute Gasteiger partial charge is 0.497 e. The van der Waals surface area contributed by atoms with Gasteiger partial charge in [-0.1, -0.05) is 6.07 Å². The molecule has 1 aliphatic carbocycles. The molecule has 3 aromatic rings. The highest BCUT2D eigenvalue weighted by Gasteiger charge is 2.49. The number of rotatable bonds is 4. The van der Waals surface area contributed by atoms with Crippen LogP contribution in [0.15, 0.2) is 46.6 Å². The van der Waals surface area contributed by atoms with Gasteiger partial charge >= 0.3 is 0 Å². The van der Waals surface area contributed by atoms with Crippen molar-refractivity contribution in [2.24, 2.45) is 5.41 Å². The summed E-state index contributed by atoms with van der Waals surface area (Å²) >= 11 is 3.09. The van der Waals surface area contributed by atoms with Crippen LogP contribution in [0.2, 0.25) is 0 Å². The van der Waals surface area contributed by atoms with Gasteiger partial charge in [0, 0.05) is 17.5 Å². The Morgan fingerprint density at radius 1 is 1.36 bits per heavy atom. The van der Waals surface area contributed by atoms with Crippen molar-refractivity contribution in [1.29, 1.82) is 0 Å². The van der Waals surface area contributed by atoms with Crippen LogP contribution >= 0.6 is 22.7 Å². The van der Waals surface area contributed by atoms with Crippen molar-refractivity contribution >= 4 is 33.7 Å². The third-order valence-electron chi connectivity index (χ3n) is 4.91. The molecule has 1 amide bonds. The molecule has 0 fully saturated rings. The Labute approximate surface area is 154 Å². The number of hydrogen-bond donors (Lipinski definition) is 1. The van der Waals surface area contributed by atoms with Crippen LogP contribution in [0.25, 0.3) is 0 Å². The van der Waals surface area contributed by atoms with E-state index in [0.717, 1.165) is 5.75 Å². The summed E-state index contributed by atoms with van der Waals surface area (Å²) in [5.74, 6) is 0.834. The lowest BCUT2D eigenvalue weighted by atomic mass is 9.74. The molecule has 0 saturated heterocycles. The number of nitrogens with zero attached hydrogens (tertiary/aromatic N) is 1. The van der Waals surface area contributed by atoms with Crippen LogP contribution in [0.3, 0.4) is 0 Å². The Kier molecular flexibility index (Phi) is 4.09. The fourth-order valence-electron chi connectivity index (χ4n) is 3.69. The lowest BCUT2D eigenvalue weighted by Gasteiger charge is -2.30. The van der Waals surface area contributed by atoms with Gasteiger partial charge in [0.1, 0.15) is 5.75 Å². The zero-order valence-corrected chi connectivity index (χ0v) is 15.6. The molecule has 2 atom stereocenters. The number of benzene rings is 1. The molecular weight excluding hydrogens is 352 g/mol. The molecule has 4 rings (SSSR count). The molecule has 0 radical (unpaired) electrons. The fourth-order valence-corrected chi connectivity index (χ4v) is 4.90. The molecule has 128 valence electrons. The van der Waals surface area contributed by atoms with E-state index in [1.807, 2.05) is 18.4 Å². The van der Waals surface area contributed by atoms with E-state index in [4.69, 9.17) is 4.74 Å². The number of carbonyl (C=O) groups excluding carboxylic acids is 1. The standard InChI is InChI=1S/C19H18N2O2S2/c1-19(17(22)21-18-20-6-8-25-18)10-12-3-4-14(23-2)9-15(12)16(19)13-5-7-24-11-13/h3-9,11,16H,10H2,1-2H3,(H,20,21,22)/t16-,19-/m1/s1. The quantitative estimate of drug-likeness (QED) is 0.733. The average molecular weight is 370 g/mol. The third-order valence-corrected chi connectivity index (χ3v) is 6.30. The minimum atomic E-state index is -0.568. The summed E-state index contributed by atoms with van der Waals surface area (Å²) in [5.41, 5.74) is 2.98. The van der Waals surface area contributed by atoms with Crippen molar-refractivity contribution in [3.63, 3.8) is 0 Å². The normalized spacial score (nSPS) is 21.8. The first-order valence-electron chi connectivity index (χ1n) is 8.01. The number of methoxy groups -OCH3 is 1. The number of thiophene rings is 1. The second-order valence-corrected chi connectivity index (χ2v) is 8.11. The third kappa shape index (κ3) is 2.75. The lowest BCUT2D eigenvalue weighted by Crippen LogP contribution is -2.37. The number of thiazole rings is 1. The van der Waals surface area contributed by atoms with Crippen molar-refractivity contribution < 1.29 is 9.53 Å². The molecule has 0 spiro atoms. The van der Waals surface area contributed by atoms with Gasteiger partial charge in [0.2, 0.25) is 5.91 Å². The van der Waals surface area contributed by atoms with Gasteiger partial charge in [-0.05, 0) is 59.0 Å². The van der Waals surface area contributed by atoms with E-state index in [1.54, 1.807) is 24.6 Å². The van der Waals surface area contributed by atoms with E-state index in [9.17, 15) is 4.79 Å². The highest BCUT2D eigenvalue weighted by molar-refractivity contribution is 7.13. The highest BCUT2D eigenvalue weighted by atomic mass is 32.1. The summed E-state index contributed by atoms with van der Waals surface area (Å²) in [7, 11) is 1.67. The number of ether oxygens (including phenoxy) is 1. The second-order valence-electron chi connectivity index (χ2n) is 6.44. The molecule has 6 heteroatoms. The van der Waals surface area contributed by atoms with E-state index in [1.165, 1.54) is 28.0 Å². The Morgan fingerprint density at radius 2 is 2.24 bits per heavy atom.